The van der Waals surface area contributed by atoms with E-state index in [0.29, 0.717) is 5.56 Å². The van der Waals surface area contributed by atoms with Gasteiger partial charge < -0.3 is 9.13 Å². The fourth-order valence-electron chi connectivity index (χ4n) is 8.85. The Morgan fingerprint density at radius 1 is 0.411 bits per heavy atom. The number of hydrogen-bond acceptors (Lipinski definition) is 2. The number of aryl methyl sites for hydroxylation is 4. The Balaban J connectivity index is 1.32. The number of para-hydroxylation sites is 2. The molecule has 0 aliphatic carbocycles. The molecular formula is C52H38N4. The van der Waals surface area contributed by atoms with Crippen molar-refractivity contribution in [2.24, 2.45) is 0 Å². The highest BCUT2D eigenvalue weighted by molar-refractivity contribution is 6.12. The Hall–Kier alpha value is -7.22. The predicted octanol–water partition coefficient (Wildman–Crippen LogP) is 13.4. The Morgan fingerprint density at radius 3 is 1.39 bits per heavy atom. The first-order valence-corrected chi connectivity index (χ1v) is 19.1. The normalized spacial score (nSPS) is 11.6. The van der Waals surface area contributed by atoms with Crippen molar-refractivity contribution in [2.75, 3.05) is 0 Å². The molecule has 0 radical (unpaired) electrons. The van der Waals surface area contributed by atoms with Crippen molar-refractivity contribution in [1.82, 2.24) is 14.1 Å². The average molecular weight is 719 g/mol. The highest BCUT2D eigenvalue weighted by atomic mass is 15.0. The zero-order valence-corrected chi connectivity index (χ0v) is 31.8. The summed E-state index contributed by atoms with van der Waals surface area (Å²) in [6.07, 6.45) is 0. The van der Waals surface area contributed by atoms with E-state index in [2.05, 4.69) is 201 Å². The molecule has 0 fully saturated rings. The maximum Gasteiger partial charge on any atom is 0.101 e. The maximum atomic E-state index is 11.2. The number of rotatable bonds is 5. The van der Waals surface area contributed by atoms with Crippen LogP contribution >= 0.6 is 0 Å². The standard InChI is InChI=1S/C52H38N4/c1-32-13-5-7-15-40(32)36-21-23-44-42-17-9-11-19-47(42)55(50(44)27-36)49-30-46(38-25-34(3)54-35(4)26-38)52(29-39(49)31-53)56-48-20-12-10-18-43(48)45-24-22-37(28-51(45)56)41-16-8-6-14-33(41)2/h5-30H,1-4H3. The van der Waals surface area contributed by atoms with Gasteiger partial charge in [-0.25, -0.2) is 0 Å². The monoisotopic (exact) mass is 718 g/mol. The third-order valence-electron chi connectivity index (χ3n) is 11.4. The Morgan fingerprint density at radius 2 is 0.875 bits per heavy atom. The largest absolute Gasteiger partial charge is 0.309 e. The zero-order chi connectivity index (χ0) is 38.1. The van der Waals surface area contributed by atoms with Crippen molar-refractivity contribution in [3.8, 4) is 50.8 Å². The van der Waals surface area contributed by atoms with Crippen LogP contribution in [0.15, 0.2) is 158 Å². The number of nitrogens with zero attached hydrogens (tertiary/aromatic N) is 4. The van der Waals surface area contributed by atoms with Crippen LogP contribution in [0, 0.1) is 39.0 Å². The molecule has 0 aliphatic rings. The van der Waals surface area contributed by atoms with E-state index in [1.165, 1.54) is 33.0 Å². The SMILES string of the molecule is Cc1cc(-c2cc(-n3c4ccccc4c4ccc(-c5ccccc5C)cc43)c(C#N)cc2-n2c3ccccc3c3ccc(-c4ccccc4C)cc32)cc(C)n1. The molecule has 3 heterocycles. The highest BCUT2D eigenvalue weighted by Crippen LogP contribution is 2.42. The minimum atomic E-state index is 0.594. The van der Waals surface area contributed by atoms with Crippen molar-refractivity contribution in [3.05, 3.63) is 186 Å². The summed E-state index contributed by atoms with van der Waals surface area (Å²) in [6, 6.07) is 59.1. The molecule has 266 valence electrons. The average Bonchev–Trinajstić information content (AvgIpc) is 3.72. The number of aromatic nitrogens is 3. The summed E-state index contributed by atoms with van der Waals surface area (Å²) in [5.74, 6) is 0. The molecule has 0 N–H and O–H groups in total. The minimum Gasteiger partial charge on any atom is -0.309 e. The molecule has 4 nitrogen and oxygen atoms in total. The summed E-state index contributed by atoms with van der Waals surface area (Å²) >= 11 is 0. The van der Waals surface area contributed by atoms with Crippen LogP contribution in [0.3, 0.4) is 0 Å². The van der Waals surface area contributed by atoms with E-state index in [4.69, 9.17) is 4.98 Å². The molecule has 0 unspecified atom stereocenters. The van der Waals surface area contributed by atoms with Crippen LogP contribution in [0.25, 0.3) is 88.4 Å². The molecule has 0 bridgehead atoms. The van der Waals surface area contributed by atoms with Crippen molar-refractivity contribution < 1.29 is 0 Å². The van der Waals surface area contributed by atoms with Gasteiger partial charge in [0, 0.05) is 38.5 Å². The van der Waals surface area contributed by atoms with E-state index < -0.39 is 0 Å². The summed E-state index contributed by atoms with van der Waals surface area (Å²) in [5.41, 5.74) is 17.8. The van der Waals surface area contributed by atoms with Gasteiger partial charge in [-0.2, -0.15) is 5.26 Å². The number of nitriles is 1. The molecule has 10 aromatic rings. The van der Waals surface area contributed by atoms with E-state index in [-0.39, 0.29) is 0 Å². The second-order valence-corrected chi connectivity index (χ2v) is 14.9. The molecule has 0 amide bonds. The summed E-state index contributed by atoms with van der Waals surface area (Å²) < 4.78 is 4.65. The highest BCUT2D eigenvalue weighted by Gasteiger charge is 2.23. The van der Waals surface area contributed by atoms with Crippen LogP contribution < -0.4 is 0 Å². The number of hydrogen-bond donors (Lipinski definition) is 0. The quantitative estimate of drug-likeness (QED) is 0.178. The molecule has 0 aliphatic heterocycles. The molecule has 0 atom stereocenters. The van der Waals surface area contributed by atoms with Crippen molar-refractivity contribution >= 4 is 43.6 Å². The van der Waals surface area contributed by atoms with Crippen LogP contribution in [0.1, 0.15) is 28.1 Å². The summed E-state index contributed by atoms with van der Waals surface area (Å²) in [5, 5.41) is 15.8. The molecular weight excluding hydrogens is 681 g/mol. The molecule has 56 heavy (non-hydrogen) atoms. The van der Waals surface area contributed by atoms with Gasteiger partial charge in [-0.05, 0) is 115 Å². The first-order chi connectivity index (χ1) is 27.4. The van der Waals surface area contributed by atoms with Gasteiger partial charge in [0.05, 0.1) is 39.0 Å². The molecule has 4 heteroatoms. The molecule has 0 saturated carbocycles. The van der Waals surface area contributed by atoms with E-state index in [0.717, 1.165) is 77.9 Å². The van der Waals surface area contributed by atoms with Crippen molar-refractivity contribution in [3.63, 3.8) is 0 Å². The van der Waals surface area contributed by atoms with E-state index in [1.54, 1.807) is 0 Å². The van der Waals surface area contributed by atoms with Gasteiger partial charge in [-0.15, -0.1) is 0 Å². The van der Waals surface area contributed by atoms with Crippen LogP contribution in [-0.4, -0.2) is 14.1 Å². The fourth-order valence-corrected chi connectivity index (χ4v) is 8.85. The lowest BCUT2D eigenvalue weighted by atomic mass is 9.97. The topological polar surface area (TPSA) is 46.5 Å². The van der Waals surface area contributed by atoms with Gasteiger partial charge in [0.1, 0.15) is 6.07 Å². The predicted molar refractivity (Wildman–Crippen MR) is 233 cm³/mol. The van der Waals surface area contributed by atoms with Gasteiger partial charge in [-0.1, -0.05) is 109 Å². The molecule has 0 spiro atoms. The molecule has 3 aromatic heterocycles. The van der Waals surface area contributed by atoms with Crippen LogP contribution in [-0.2, 0) is 0 Å². The number of pyridine rings is 1. The van der Waals surface area contributed by atoms with Gasteiger partial charge in [-0.3, -0.25) is 4.98 Å². The second-order valence-electron chi connectivity index (χ2n) is 14.9. The Bertz CT molecular complexity index is 3240. The van der Waals surface area contributed by atoms with Gasteiger partial charge >= 0.3 is 0 Å². The maximum absolute atomic E-state index is 11.2. The first kappa shape index (κ1) is 33.4. The summed E-state index contributed by atoms with van der Waals surface area (Å²) in [7, 11) is 0. The smallest absolute Gasteiger partial charge is 0.101 e. The van der Waals surface area contributed by atoms with Crippen LogP contribution in [0.4, 0.5) is 0 Å². The third kappa shape index (κ3) is 5.24. The Kier molecular flexibility index (Phi) is 7.73. The molecule has 0 saturated heterocycles. The lowest BCUT2D eigenvalue weighted by Gasteiger charge is -2.19. The van der Waals surface area contributed by atoms with Crippen molar-refractivity contribution in [1.29, 1.82) is 5.26 Å². The number of benzene rings is 7. The molecule has 10 rings (SSSR count). The second kappa shape index (κ2) is 13.0. The first-order valence-electron chi connectivity index (χ1n) is 19.1. The van der Waals surface area contributed by atoms with E-state index >= 15 is 0 Å². The van der Waals surface area contributed by atoms with E-state index in [1.807, 2.05) is 0 Å². The Labute approximate surface area is 326 Å². The lowest BCUT2D eigenvalue weighted by molar-refractivity contribution is 1.11. The van der Waals surface area contributed by atoms with Crippen molar-refractivity contribution in [2.45, 2.75) is 27.7 Å². The lowest BCUT2D eigenvalue weighted by Crippen LogP contribution is -2.04. The minimum absolute atomic E-state index is 0.594. The van der Waals surface area contributed by atoms with Gasteiger partial charge in [0.25, 0.3) is 0 Å². The third-order valence-corrected chi connectivity index (χ3v) is 11.4. The van der Waals surface area contributed by atoms with Crippen LogP contribution in [0.5, 0.6) is 0 Å². The van der Waals surface area contributed by atoms with Crippen LogP contribution in [0.2, 0.25) is 0 Å². The zero-order valence-electron chi connectivity index (χ0n) is 31.8. The molecule has 7 aromatic carbocycles. The summed E-state index contributed by atoms with van der Waals surface area (Å²) in [4.78, 5) is 4.77. The van der Waals surface area contributed by atoms with E-state index in [9.17, 15) is 5.26 Å². The number of fused-ring (bicyclic) bond motifs is 6. The fraction of sp³-hybridized carbons (Fsp3) is 0.0769. The summed E-state index contributed by atoms with van der Waals surface area (Å²) in [6.45, 7) is 8.43. The van der Waals surface area contributed by atoms with Gasteiger partial charge in [0.2, 0.25) is 0 Å². The van der Waals surface area contributed by atoms with Gasteiger partial charge in [0.15, 0.2) is 0 Å².